The topological polar surface area (TPSA) is 127 Å². The maximum atomic E-state index is 12.5. The number of sulfonamides is 1. The Kier molecular flexibility index (Phi) is 5.61. The number of benzene rings is 2. The highest BCUT2D eigenvalue weighted by Crippen LogP contribution is 2.27. The lowest BCUT2D eigenvalue weighted by Gasteiger charge is -2.15. The zero-order chi connectivity index (χ0) is 21.5. The van der Waals surface area contributed by atoms with E-state index in [2.05, 4.69) is 21.2 Å². The predicted octanol–water partition coefficient (Wildman–Crippen LogP) is 2.34. The number of amides is 3. The van der Waals surface area contributed by atoms with Crippen LogP contribution in [-0.2, 0) is 14.8 Å². The van der Waals surface area contributed by atoms with Gasteiger partial charge in [0.2, 0.25) is 15.9 Å². The van der Waals surface area contributed by atoms with Crippen LogP contribution in [0.15, 0.2) is 39.7 Å². The highest BCUT2D eigenvalue weighted by atomic mass is 79.9. The molecule has 10 heteroatoms. The number of nitrogens with two attached hydrogens (primary N) is 1. The van der Waals surface area contributed by atoms with Gasteiger partial charge in [-0.15, -0.1) is 0 Å². The van der Waals surface area contributed by atoms with Crippen LogP contribution in [0.3, 0.4) is 0 Å². The number of aryl methyl sites for hydroxylation is 1. The SMILES string of the molecule is Cc1cc(S(N)(=O)=O)cc(NC(=O)CCN2C(=O)c3ccc(Br)cc3C2=O)c1C. The van der Waals surface area contributed by atoms with E-state index < -0.39 is 27.7 Å². The number of nitrogens with zero attached hydrogens (tertiary/aromatic N) is 1. The molecule has 0 bridgehead atoms. The molecule has 2 aromatic rings. The standard InChI is InChI=1S/C19H18BrN3O5S/c1-10-7-13(29(21,27)28)9-16(11(10)2)22-17(24)5-6-23-18(25)14-4-3-12(20)8-15(14)19(23)26/h3-4,7-9H,5-6H2,1-2H3,(H,22,24)(H2,21,27,28). The Morgan fingerprint density at radius 1 is 1.10 bits per heavy atom. The molecule has 0 saturated carbocycles. The van der Waals surface area contributed by atoms with Gasteiger partial charge >= 0.3 is 0 Å². The van der Waals surface area contributed by atoms with Crippen molar-refractivity contribution in [2.24, 2.45) is 5.14 Å². The monoisotopic (exact) mass is 479 g/mol. The molecule has 0 atom stereocenters. The van der Waals surface area contributed by atoms with Gasteiger partial charge in [-0.05, 0) is 55.3 Å². The molecule has 0 saturated heterocycles. The van der Waals surface area contributed by atoms with Crippen LogP contribution >= 0.6 is 15.9 Å². The van der Waals surface area contributed by atoms with Gasteiger partial charge in [0.05, 0.1) is 16.0 Å². The number of primary sulfonamides is 1. The highest BCUT2D eigenvalue weighted by molar-refractivity contribution is 9.10. The summed E-state index contributed by atoms with van der Waals surface area (Å²) < 4.78 is 23.9. The summed E-state index contributed by atoms with van der Waals surface area (Å²) in [6, 6.07) is 7.52. The van der Waals surface area contributed by atoms with Crippen LogP contribution in [0, 0.1) is 13.8 Å². The molecule has 0 radical (unpaired) electrons. The Morgan fingerprint density at radius 2 is 1.76 bits per heavy atom. The minimum absolute atomic E-state index is 0.0945. The Hall–Kier alpha value is -2.56. The molecular weight excluding hydrogens is 462 g/mol. The molecule has 1 aliphatic rings. The second kappa shape index (κ2) is 7.69. The molecular formula is C19H18BrN3O5S. The van der Waals surface area contributed by atoms with Crippen molar-refractivity contribution >= 4 is 49.4 Å². The lowest BCUT2D eigenvalue weighted by atomic mass is 10.1. The second-order valence-corrected chi connectivity index (χ2v) is 9.18. The number of anilines is 1. The maximum Gasteiger partial charge on any atom is 0.261 e. The van der Waals surface area contributed by atoms with Gasteiger partial charge in [0.15, 0.2) is 0 Å². The summed E-state index contributed by atoms with van der Waals surface area (Å²) in [5, 5.41) is 7.81. The molecule has 2 aromatic carbocycles. The molecule has 0 fully saturated rings. The summed E-state index contributed by atoms with van der Waals surface area (Å²) in [6.45, 7) is 3.35. The number of imide groups is 1. The normalized spacial score (nSPS) is 13.6. The third-order valence-electron chi connectivity index (χ3n) is 4.74. The minimum atomic E-state index is -3.93. The van der Waals surface area contributed by atoms with E-state index in [0.29, 0.717) is 26.9 Å². The fourth-order valence-corrected chi connectivity index (χ4v) is 4.00. The smallest absolute Gasteiger partial charge is 0.261 e. The largest absolute Gasteiger partial charge is 0.326 e. The van der Waals surface area contributed by atoms with E-state index >= 15 is 0 Å². The Balaban J connectivity index is 1.72. The van der Waals surface area contributed by atoms with Crippen molar-refractivity contribution in [1.82, 2.24) is 4.90 Å². The second-order valence-electron chi connectivity index (χ2n) is 6.71. The van der Waals surface area contributed by atoms with E-state index in [1.807, 2.05) is 0 Å². The molecule has 1 aliphatic heterocycles. The average Bonchev–Trinajstić information content (AvgIpc) is 2.86. The van der Waals surface area contributed by atoms with Gasteiger partial charge < -0.3 is 5.32 Å². The van der Waals surface area contributed by atoms with Crippen LogP contribution in [0.1, 0.15) is 38.3 Å². The number of fused-ring (bicyclic) bond motifs is 1. The number of nitrogens with one attached hydrogen (secondary N) is 1. The molecule has 8 nitrogen and oxygen atoms in total. The summed E-state index contributed by atoms with van der Waals surface area (Å²) in [5.41, 5.74) is 2.24. The van der Waals surface area contributed by atoms with Crippen LogP contribution < -0.4 is 10.5 Å². The lowest BCUT2D eigenvalue weighted by molar-refractivity contribution is -0.116. The lowest BCUT2D eigenvalue weighted by Crippen LogP contribution is -2.33. The van der Waals surface area contributed by atoms with Crippen LogP contribution in [0.4, 0.5) is 5.69 Å². The fraction of sp³-hybridized carbons (Fsp3) is 0.211. The first-order valence-corrected chi connectivity index (χ1v) is 10.9. The summed E-state index contributed by atoms with van der Waals surface area (Å²) in [5.74, 6) is -1.37. The van der Waals surface area contributed by atoms with Gasteiger partial charge in [-0.1, -0.05) is 15.9 Å². The summed E-state index contributed by atoms with van der Waals surface area (Å²) in [7, 11) is -3.93. The fourth-order valence-electron chi connectivity index (χ4n) is 3.01. The average molecular weight is 480 g/mol. The molecule has 0 aliphatic carbocycles. The number of hydrogen-bond acceptors (Lipinski definition) is 5. The van der Waals surface area contributed by atoms with Crippen molar-refractivity contribution in [2.75, 3.05) is 11.9 Å². The molecule has 3 N–H and O–H groups in total. The van der Waals surface area contributed by atoms with Gasteiger partial charge in [-0.2, -0.15) is 0 Å². The number of hydrogen-bond donors (Lipinski definition) is 2. The van der Waals surface area contributed by atoms with Gasteiger partial charge in [0.25, 0.3) is 11.8 Å². The Bertz CT molecular complexity index is 1160. The molecule has 0 aromatic heterocycles. The minimum Gasteiger partial charge on any atom is -0.326 e. The number of rotatable bonds is 5. The molecule has 29 heavy (non-hydrogen) atoms. The number of carbonyl (C=O) groups is 3. The van der Waals surface area contributed by atoms with Crippen LogP contribution in [0.5, 0.6) is 0 Å². The third kappa shape index (κ3) is 4.24. The maximum absolute atomic E-state index is 12.5. The van der Waals surface area contributed by atoms with E-state index in [0.717, 1.165) is 4.90 Å². The zero-order valence-electron chi connectivity index (χ0n) is 15.7. The summed E-state index contributed by atoms with van der Waals surface area (Å²) in [6.07, 6.45) is -0.134. The van der Waals surface area contributed by atoms with E-state index in [-0.39, 0.29) is 23.4 Å². The molecule has 0 unspecified atom stereocenters. The van der Waals surface area contributed by atoms with Gasteiger partial charge in [0, 0.05) is 23.1 Å². The molecule has 0 spiro atoms. The van der Waals surface area contributed by atoms with Crippen molar-refractivity contribution in [3.05, 3.63) is 57.1 Å². The number of carbonyl (C=O) groups excluding carboxylic acids is 3. The van der Waals surface area contributed by atoms with Crippen molar-refractivity contribution in [1.29, 1.82) is 0 Å². The molecule has 3 amide bonds. The first-order valence-electron chi connectivity index (χ1n) is 8.58. The zero-order valence-corrected chi connectivity index (χ0v) is 18.1. The summed E-state index contributed by atoms with van der Waals surface area (Å²) >= 11 is 3.27. The Morgan fingerprint density at radius 3 is 2.41 bits per heavy atom. The van der Waals surface area contributed by atoms with E-state index in [4.69, 9.17) is 5.14 Å². The Labute approximate surface area is 176 Å². The van der Waals surface area contributed by atoms with Crippen molar-refractivity contribution < 1.29 is 22.8 Å². The van der Waals surface area contributed by atoms with E-state index in [9.17, 15) is 22.8 Å². The van der Waals surface area contributed by atoms with E-state index in [1.165, 1.54) is 12.1 Å². The molecule has 1 heterocycles. The van der Waals surface area contributed by atoms with Gasteiger partial charge in [-0.25, -0.2) is 13.6 Å². The van der Waals surface area contributed by atoms with Crippen molar-refractivity contribution in [2.45, 2.75) is 25.2 Å². The first-order chi connectivity index (χ1) is 13.5. The molecule has 152 valence electrons. The van der Waals surface area contributed by atoms with Crippen LogP contribution in [-0.4, -0.2) is 37.6 Å². The van der Waals surface area contributed by atoms with Crippen molar-refractivity contribution in [3.8, 4) is 0 Å². The highest BCUT2D eigenvalue weighted by Gasteiger charge is 2.35. The van der Waals surface area contributed by atoms with Crippen molar-refractivity contribution in [3.63, 3.8) is 0 Å². The first kappa shape index (κ1) is 21.2. The van der Waals surface area contributed by atoms with Crippen LogP contribution in [0.2, 0.25) is 0 Å². The summed E-state index contributed by atoms with van der Waals surface area (Å²) in [4.78, 5) is 38.2. The number of halogens is 1. The van der Waals surface area contributed by atoms with Crippen LogP contribution in [0.25, 0.3) is 0 Å². The van der Waals surface area contributed by atoms with E-state index in [1.54, 1.807) is 32.0 Å². The third-order valence-corrected chi connectivity index (χ3v) is 6.12. The van der Waals surface area contributed by atoms with Gasteiger partial charge in [-0.3, -0.25) is 19.3 Å². The van der Waals surface area contributed by atoms with Gasteiger partial charge in [0.1, 0.15) is 0 Å². The predicted molar refractivity (Wildman–Crippen MR) is 110 cm³/mol. The quantitative estimate of drug-likeness (QED) is 0.636. The molecule has 3 rings (SSSR count).